The topological polar surface area (TPSA) is 86.7 Å². The van der Waals surface area contributed by atoms with Crippen molar-refractivity contribution in [3.8, 4) is 0 Å². The van der Waals surface area contributed by atoms with Gasteiger partial charge in [0.25, 0.3) is 0 Å². The van der Waals surface area contributed by atoms with Crippen LogP contribution in [-0.2, 0) is 10.4 Å². The molecule has 0 aromatic rings. The Hall–Kier alpha value is -0.210. The van der Waals surface area contributed by atoms with E-state index < -0.39 is 10.4 Å². The minimum Gasteiger partial charge on any atom is -0.759 e. The molecule has 0 radical (unpaired) electrons. The molecule has 0 bridgehead atoms. The van der Waals surface area contributed by atoms with E-state index in [0.29, 0.717) is 0 Å². The first kappa shape index (κ1) is 23.9. The van der Waals surface area contributed by atoms with E-state index in [9.17, 15) is 0 Å². The molecule has 0 aliphatic heterocycles. The number of rotatable bonds is 6. The van der Waals surface area contributed by atoms with Crippen LogP contribution in [0, 0.1) is 0 Å². The van der Waals surface area contributed by atoms with Gasteiger partial charge in [0.05, 0.1) is 0 Å². The van der Waals surface area contributed by atoms with E-state index in [1.807, 2.05) is 0 Å². The highest BCUT2D eigenvalue weighted by atomic mass is 32.3. The van der Waals surface area contributed by atoms with Gasteiger partial charge in [0.2, 0.25) is 0 Å². The summed E-state index contributed by atoms with van der Waals surface area (Å²) in [5, 5.41) is 0. The Labute approximate surface area is 119 Å². The van der Waals surface area contributed by atoms with Crippen LogP contribution in [0.1, 0.15) is 41.5 Å². The first-order chi connectivity index (χ1) is 8.69. The molecule has 0 rings (SSSR count). The van der Waals surface area contributed by atoms with Gasteiger partial charge in [-0.3, -0.25) is 8.42 Å². The zero-order valence-electron chi connectivity index (χ0n) is 13.2. The molecule has 0 heterocycles. The van der Waals surface area contributed by atoms with E-state index in [-0.39, 0.29) is 0 Å². The van der Waals surface area contributed by atoms with Crippen LogP contribution in [0.5, 0.6) is 0 Å². The van der Waals surface area contributed by atoms with Gasteiger partial charge < -0.3 is 18.9 Å². The van der Waals surface area contributed by atoms with Crippen molar-refractivity contribution in [2.45, 2.75) is 41.5 Å². The lowest BCUT2D eigenvalue weighted by atomic mass is 10.5. The van der Waals surface area contributed by atoms with Gasteiger partial charge in [-0.1, -0.05) is 41.5 Å². The number of hydrogen-bond donors (Lipinski definition) is 0. The van der Waals surface area contributed by atoms with Crippen LogP contribution in [0.25, 0.3) is 0 Å². The minimum absolute atomic E-state index is 1.19. The van der Waals surface area contributed by atoms with Gasteiger partial charge in [-0.05, 0) is 39.3 Å². The molecular formula is C12H30N2O4S-2. The second-order valence-electron chi connectivity index (χ2n) is 3.65. The van der Waals surface area contributed by atoms with Gasteiger partial charge in [-0.15, -0.1) is 0 Å². The van der Waals surface area contributed by atoms with Crippen molar-refractivity contribution in [2.24, 2.45) is 0 Å². The molecule has 120 valence electrons. The smallest absolute Gasteiger partial charge is 0.0311 e. The summed E-state index contributed by atoms with van der Waals surface area (Å²) >= 11 is 0. The average Bonchev–Trinajstić information content (AvgIpc) is 2.32. The van der Waals surface area contributed by atoms with Crippen molar-refractivity contribution in [1.82, 2.24) is 9.80 Å². The van der Waals surface area contributed by atoms with Crippen molar-refractivity contribution in [2.75, 3.05) is 39.3 Å². The predicted molar refractivity (Wildman–Crippen MR) is 77.4 cm³/mol. The second kappa shape index (κ2) is 15.8. The standard InChI is InChI=1S/2C6H15N.H2O4S/c2*1-4-7(5-2)6-3;1-5(2,3)4/h2*4-6H2,1-3H3;(H2,1,2,3,4)/p-2. The number of hydrogen-bond acceptors (Lipinski definition) is 6. The average molecular weight is 298 g/mol. The van der Waals surface area contributed by atoms with E-state index in [2.05, 4.69) is 51.3 Å². The number of nitrogens with zero attached hydrogens (tertiary/aromatic N) is 2. The lowest BCUT2D eigenvalue weighted by Gasteiger charge is -2.13. The van der Waals surface area contributed by atoms with Crippen LogP contribution in [-0.4, -0.2) is 66.6 Å². The molecule has 7 heteroatoms. The summed E-state index contributed by atoms with van der Waals surface area (Å²) in [7, 11) is -5.17. The molecule has 0 aromatic carbocycles. The fraction of sp³-hybridized carbons (Fsp3) is 1.00. The highest BCUT2D eigenvalue weighted by Crippen LogP contribution is 1.82. The molecule has 6 nitrogen and oxygen atoms in total. The summed E-state index contributed by atoms with van der Waals surface area (Å²) in [5.41, 5.74) is 0. The lowest BCUT2D eigenvalue weighted by molar-refractivity contribution is 0.321. The maximum Gasteiger partial charge on any atom is 0.0311 e. The van der Waals surface area contributed by atoms with Crippen LogP contribution in [0.15, 0.2) is 0 Å². The van der Waals surface area contributed by atoms with Gasteiger partial charge in [0, 0.05) is 10.4 Å². The molecule has 0 fully saturated rings. The first-order valence-corrected chi connectivity index (χ1v) is 8.14. The monoisotopic (exact) mass is 298 g/mol. The van der Waals surface area contributed by atoms with Gasteiger partial charge in [0.1, 0.15) is 0 Å². The van der Waals surface area contributed by atoms with Crippen molar-refractivity contribution >= 4 is 10.4 Å². The summed E-state index contributed by atoms with van der Waals surface area (Å²) in [4.78, 5) is 4.75. The van der Waals surface area contributed by atoms with Crippen LogP contribution in [0.4, 0.5) is 0 Å². The van der Waals surface area contributed by atoms with Gasteiger partial charge >= 0.3 is 0 Å². The van der Waals surface area contributed by atoms with Gasteiger partial charge in [-0.2, -0.15) is 0 Å². The van der Waals surface area contributed by atoms with Gasteiger partial charge in [-0.25, -0.2) is 0 Å². The Bertz CT molecular complexity index is 219. The predicted octanol–water partition coefficient (Wildman–Crippen LogP) is 1.36. The summed E-state index contributed by atoms with van der Waals surface area (Å²) < 4.78 is 34.1. The van der Waals surface area contributed by atoms with E-state index in [4.69, 9.17) is 17.5 Å². The molecule has 0 aromatic heterocycles. The molecular weight excluding hydrogens is 268 g/mol. The zero-order valence-corrected chi connectivity index (χ0v) is 14.0. The molecule has 0 atom stereocenters. The molecule has 0 aliphatic carbocycles. The fourth-order valence-electron chi connectivity index (χ4n) is 1.34. The highest BCUT2D eigenvalue weighted by molar-refractivity contribution is 7.79. The Balaban J connectivity index is -0.000000206. The summed E-state index contributed by atoms with van der Waals surface area (Å²) in [6.07, 6.45) is 0. The van der Waals surface area contributed by atoms with E-state index >= 15 is 0 Å². The largest absolute Gasteiger partial charge is 0.759 e. The van der Waals surface area contributed by atoms with Crippen molar-refractivity contribution in [3.63, 3.8) is 0 Å². The first-order valence-electron chi connectivity index (χ1n) is 6.81. The van der Waals surface area contributed by atoms with Crippen molar-refractivity contribution < 1.29 is 17.5 Å². The third-order valence-electron chi connectivity index (χ3n) is 2.68. The Kier molecular flexibility index (Phi) is 19.9. The second-order valence-corrected chi connectivity index (χ2v) is 4.46. The van der Waals surface area contributed by atoms with Gasteiger partial charge in [0.15, 0.2) is 0 Å². The minimum atomic E-state index is -5.17. The normalized spacial score (nSPS) is 10.6. The maximum atomic E-state index is 8.52. The van der Waals surface area contributed by atoms with Crippen LogP contribution in [0.2, 0.25) is 0 Å². The zero-order chi connectivity index (χ0) is 15.9. The van der Waals surface area contributed by atoms with E-state index in [0.717, 1.165) is 0 Å². The van der Waals surface area contributed by atoms with Crippen LogP contribution >= 0.6 is 0 Å². The molecule has 0 aliphatic rings. The third kappa shape index (κ3) is 31.9. The SMILES string of the molecule is CCN(CC)CC.CCN(CC)CC.O=S(=O)([O-])[O-]. The summed E-state index contributed by atoms with van der Waals surface area (Å²) in [5.74, 6) is 0. The molecule has 0 N–H and O–H groups in total. The third-order valence-corrected chi connectivity index (χ3v) is 2.68. The van der Waals surface area contributed by atoms with Crippen LogP contribution < -0.4 is 0 Å². The summed E-state index contributed by atoms with van der Waals surface area (Å²) in [6.45, 7) is 20.2. The van der Waals surface area contributed by atoms with Crippen molar-refractivity contribution in [1.29, 1.82) is 0 Å². The summed E-state index contributed by atoms with van der Waals surface area (Å²) in [6, 6.07) is 0. The molecule has 0 amide bonds. The fourth-order valence-corrected chi connectivity index (χ4v) is 1.34. The lowest BCUT2D eigenvalue weighted by Crippen LogP contribution is -2.21. The van der Waals surface area contributed by atoms with E-state index in [1.54, 1.807) is 0 Å². The highest BCUT2D eigenvalue weighted by Gasteiger charge is 1.89. The van der Waals surface area contributed by atoms with Crippen LogP contribution in [0.3, 0.4) is 0 Å². The maximum absolute atomic E-state index is 8.52. The quantitative estimate of drug-likeness (QED) is 0.543. The Morgan fingerprint density at radius 3 is 0.737 bits per heavy atom. The molecule has 19 heavy (non-hydrogen) atoms. The van der Waals surface area contributed by atoms with E-state index in [1.165, 1.54) is 39.3 Å². The molecule has 0 spiro atoms. The Morgan fingerprint density at radius 1 is 0.632 bits per heavy atom. The molecule has 0 unspecified atom stereocenters. The van der Waals surface area contributed by atoms with Crippen molar-refractivity contribution in [3.05, 3.63) is 0 Å². The Morgan fingerprint density at radius 2 is 0.737 bits per heavy atom. The molecule has 0 saturated heterocycles. The molecule has 0 saturated carbocycles.